The van der Waals surface area contributed by atoms with E-state index in [1.807, 2.05) is 54.6 Å². The summed E-state index contributed by atoms with van der Waals surface area (Å²) in [7, 11) is 0. The van der Waals surface area contributed by atoms with Gasteiger partial charge in [0.25, 0.3) is 5.69 Å². The Morgan fingerprint density at radius 2 is 1.78 bits per heavy atom. The van der Waals surface area contributed by atoms with Crippen LogP contribution in [0.3, 0.4) is 0 Å². The largest absolute Gasteiger partial charge is 0.493 e. The van der Waals surface area contributed by atoms with E-state index >= 15 is 0 Å². The molecule has 6 rings (SSSR count). The topological polar surface area (TPSA) is 94.6 Å². The zero-order valence-electron chi connectivity index (χ0n) is 16.9. The smallest absolute Gasteiger partial charge is 0.360 e. The molecule has 0 radical (unpaired) electrons. The molecular formula is C25H18N2O5. The number of hydrogen-bond donors (Lipinski definition) is 1. The predicted octanol–water partition coefficient (Wildman–Crippen LogP) is 5.01. The van der Waals surface area contributed by atoms with Gasteiger partial charge in [0.2, 0.25) is 0 Å². The average Bonchev–Trinajstić information content (AvgIpc) is 2.83. The summed E-state index contributed by atoms with van der Waals surface area (Å²) in [5.41, 5.74) is 2.87. The number of non-ortho nitro benzene ring substituents is 1. The summed E-state index contributed by atoms with van der Waals surface area (Å²) in [5.74, 6) is 0.556. The van der Waals surface area contributed by atoms with Gasteiger partial charge in [-0.3, -0.25) is 10.1 Å². The van der Waals surface area contributed by atoms with Crippen LogP contribution in [-0.4, -0.2) is 11.5 Å². The molecule has 3 aromatic carbocycles. The number of ether oxygens (including phenoxy) is 1. The van der Waals surface area contributed by atoms with Crippen LogP contribution in [0.4, 0.5) is 11.4 Å². The van der Waals surface area contributed by atoms with E-state index < -0.39 is 10.5 Å². The molecule has 0 unspecified atom stereocenters. The number of benzene rings is 3. The Morgan fingerprint density at radius 3 is 2.59 bits per heavy atom. The summed E-state index contributed by atoms with van der Waals surface area (Å²) in [6, 6.07) is 21.9. The fourth-order valence-corrected chi connectivity index (χ4v) is 5.09. The van der Waals surface area contributed by atoms with Gasteiger partial charge in [-0.05, 0) is 17.7 Å². The minimum Gasteiger partial charge on any atom is -0.493 e. The molecule has 0 fully saturated rings. The molecule has 0 amide bonds. The first-order valence-corrected chi connectivity index (χ1v) is 10.4. The Kier molecular flexibility index (Phi) is 4.04. The third-order valence-electron chi connectivity index (χ3n) is 6.45. The first-order valence-electron chi connectivity index (χ1n) is 10.4. The lowest BCUT2D eigenvalue weighted by atomic mass is 9.71. The van der Waals surface area contributed by atoms with Gasteiger partial charge >= 0.3 is 5.63 Å². The number of fused-ring (bicyclic) bond motifs is 6. The van der Waals surface area contributed by atoms with E-state index in [4.69, 9.17) is 9.15 Å². The molecule has 0 spiro atoms. The molecule has 1 N–H and O–H groups in total. The second kappa shape index (κ2) is 6.95. The van der Waals surface area contributed by atoms with Crippen LogP contribution in [-0.2, 0) is 0 Å². The number of para-hydroxylation sites is 1. The van der Waals surface area contributed by atoms with Gasteiger partial charge in [0, 0.05) is 40.5 Å². The summed E-state index contributed by atoms with van der Waals surface area (Å²) < 4.78 is 11.7. The van der Waals surface area contributed by atoms with Crippen molar-refractivity contribution in [1.82, 2.24) is 0 Å². The van der Waals surface area contributed by atoms with Crippen molar-refractivity contribution in [1.29, 1.82) is 0 Å². The number of nitro groups is 1. The SMILES string of the molecule is O=c1oc2ccc([N+](=O)[O-])cc2c2c1N[C@@H]1c3ccccc3OC[C@H]1[C@@H]2c1ccccc1. The van der Waals surface area contributed by atoms with Gasteiger partial charge in [-0.2, -0.15) is 0 Å². The van der Waals surface area contributed by atoms with Crippen LogP contribution in [0.25, 0.3) is 11.0 Å². The van der Waals surface area contributed by atoms with Crippen molar-refractivity contribution < 1.29 is 14.1 Å². The number of nitrogens with zero attached hydrogens (tertiary/aromatic N) is 1. The normalized spacial score (nSPS) is 20.9. The van der Waals surface area contributed by atoms with Crippen LogP contribution in [0, 0.1) is 16.0 Å². The van der Waals surface area contributed by atoms with Crippen molar-refractivity contribution in [2.75, 3.05) is 11.9 Å². The number of anilines is 1. The number of rotatable bonds is 2. The maximum atomic E-state index is 13.1. The second-order valence-corrected chi connectivity index (χ2v) is 8.14. The molecule has 2 aliphatic heterocycles. The zero-order chi connectivity index (χ0) is 21.8. The van der Waals surface area contributed by atoms with E-state index in [2.05, 4.69) is 5.32 Å². The van der Waals surface area contributed by atoms with Gasteiger partial charge in [0.15, 0.2) is 0 Å². The number of nitro benzene ring substituents is 1. The minimum absolute atomic E-state index is 0.0240. The fraction of sp³-hybridized carbons (Fsp3) is 0.160. The summed E-state index contributed by atoms with van der Waals surface area (Å²) >= 11 is 0. The van der Waals surface area contributed by atoms with Gasteiger partial charge in [0.05, 0.1) is 17.6 Å². The molecule has 7 nitrogen and oxygen atoms in total. The molecular weight excluding hydrogens is 408 g/mol. The van der Waals surface area contributed by atoms with E-state index in [9.17, 15) is 14.9 Å². The Hall–Kier alpha value is -4.13. The van der Waals surface area contributed by atoms with Gasteiger partial charge in [-0.1, -0.05) is 48.5 Å². The minimum atomic E-state index is -0.482. The monoisotopic (exact) mass is 426 g/mol. The van der Waals surface area contributed by atoms with Crippen LogP contribution in [0.2, 0.25) is 0 Å². The molecule has 0 saturated carbocycles. The summed E-state index contributed by atoms with van der Waals surface area (Å²) in [5, 5.41) is 15.4. The Morgan fingerprint density at radius 1 is 1.00 bits per heavy atom. The Bertz CT molecular complexity index is 1430. The van der Waals surface area contributed by atoms with E-state index in [1.54, 1.807) is 0 Å². The predicted molar refractivity (Wildman–Crippen MR) is 119 cm³/mol. The highest BCUT2D eigenvalue weighted by Gasteiger charge is 2.44. The molecule has 2 aliphatic rings. The lowest BCUT2D eigenvalue weighted by molar-refractivity contribution is -0.384. The van der Waals surface area contributed by atoms with E-state index in [0.717, 1.165) is 22.4 Å². The second-order valence-electron chi connectivity index (χ2n) is 8.14. The molecule has 0 bridgehead atoms. The number of hydrogen-bond acceptors (Lipinski definition) is 6. The highest BCUT2D eigenvalue weighted by Crippen LogP contribution is 2.52. The van der Waals surface area contributed by atoms with Crippen LogP contribution in [0.15, 0.2) is 82.0 Å². The molecule has 0 saturated heterocycles. The Balaban J connectivity index is 1.67. The van der Waals surface area contributed by atoms with Crippen molar-refractivity contribution in [3.8, 4) is 5.75 Å². The van der Waals surface area contributed by atoms with Gasteiger partial charge in [0.1, 0.15) is 17.0 Å². The van der Waals surface area contributed by atoms with Crippen molar-refractivity contribution in [2.45, 2.75) is 12.0 Å². The molecule has 0 aliphatic carbocycles. The summed E-state index contributed by atoms with van der Waals surface area (Å²) in [6.07, 6.45) is 0. The maximum Gasteiger partial charge on any atom is 0.360 e. The summed E-state index contributed by atoms with van der Waals surface area (Å²) in [6.45, 7) is 0.449. The van der Waals surface area contributed by atoms with Crippen molar-refractivity contribution in [3.05, 3.63) is 110 Å². The molecule has 32 heavy (non-hydrogen) atoms. The van der Waals surface area contributed by atoms with Gasteiger partial charge in [-0.15, -0.1) is 0 Å². The molecule has 7 heteroatoms. The summed E-state index contributed by atoms with van der Waals surface area (Å²) in [4.78, 5) is 24.1. The molecule has 4 aromatic rings. The molecule has 3 atom stereocenters. The van der Waals surface area contributed by atoms with E-state index in [-0.39, 0.29) is 23.6 Å². The maximum absolute atomic E-state index is 13.1. The first kappa shape index (κ1) is 18.6. The molecule has 1 aromatic heterocycles. The van der Waals surface area contributed by atoms with Crippen LogP contribution in [0.5, 0.6) is 5.75 Å². The van der Waals surface area contributed by atoms with Gasteiger partial charge < -0.3 is 14.5 Å². The Labute approximate surface area is 182 Å². The standard InChI is InChI=1S/C25H18N2O5/c28-25-24-22(17-12-15(27(29)30)10-11-20(17)32-25)21(14-6-2-1-3-7-14)18-13-31-19-9-5-4-8-16(19)23(18)26-24/h1-12,18,21,23,26H,13H2/t18-,21-,23+/m0/s1. The highest BCUT2D eigenvalue weighted by atomic mass is 16.6. The molecule has 158 valence electrons. The third kappa shape index (κ3) is 2.71. The van der Waals surface area contributed by atoms with Crippen LogP contribution in [0.1, 0.15) is 28.7 Å². The first-order chi connectivity index (χ1) is 15.6. The fourth-order valence-electron chi connectivity index (χ4n) is 5.09. The zero-order valence-corrected chi connectivity index (χ0v) is 16.9. The van der Waals surface area contributed by atoms with Crippen molar-refractivity contribution >= 4 is 22.3 Å². The lowest BCUT2D eigenvalue weighted by Crippen LogP contribution is -2.40. The van der Waals surface area contributed by atoms with Crippen molar-refractivity contribution in [2.24, 2.45) is 5.92 Å². The quantitative estimate of drug-likeness (QED) is 0.275. The van der Waals surface area contributed by atoms with Crippen LogP contribution >= 0.6 is 0 Å². The van der Waals surface area contributed by atoms with E-state index in [0.29, 0.717) is 23.3 Å². The highest BCUT2D eigenvalue weighted by molar-refractivity contribution is 5.89. The van der Waals surface area contributed by atoms with Crippen LogP contribution < -0.4 is 15.7 Å². The average molecular weight is 426 g/mol. The van der Waals surface area contributed by atoms with Gasteiger partial charge in [-0.25, -0.2) is 4.79 Å². The van der Waals surface area contributed by atoms with E-state index in [1.165, 1.54) is 18.2 Å². The number of nitrogens with one attached hydrogen (secondary N) is 1. The van der Waals surface area contributed by atoms with Crippen molar-refractivity contribution in [3.63, 3.8) is 0 Å². The molecule has 3 heterocycles. The lowest BCUT2D eigenvalue weighted by Gasteiger charge is -2.43. The third-order valence-corrected chi connectivity index (χ3v) is 6.45.